The number of para-hydroxylation sites is 1. The average Bonchev–Trinajstić information content (AvgIpc) is 3.09. The van der Waals surface area contributed by atoms with Crippen molar-refractivity contribution in [2.45, 2.75) is 0 Å². The molecule has 0 aliphatic heterocycles. The third kappa shape index (κ3) is 3.28. The Kier molecular flexibility index (Phi) is 4.67. The molecule has 1 N–H and O–H groups in total. The normalized spacial score (nSPS) is 10.8. The SMILES string of the molecule is O=C(Nc1ccccc1Cl)C(=O)c1c(-c2ccc(F)cc2)cc2ccccn12. The molecule has 0 aliphatic carbocycles. The van der Waals surface area contributed by atoms with Gasteiger partial charge in [0.05, 0.1) is 10.7 Å². The number of hydrogen-bond donors (Lipinski definition) is 1. The summed E-state index contributed by atoms with van der Waals surface area (Å²) in [6.07, 6.45) is 1.71. The molecule has 2 aromatic heterocycles. The van der Waals surface area contributed by atoms with E-state index in [-0.39, 0.29) is 11.5 Å². The molecule has 2 aromatic carbocycles. The third-order valence-electron chi connectivity index (χ3n) is 4.38. The quantitative estimate of drug-likeness (QED) is 0.382. The Morgan fingerprint density at radius 1 is 0.929 bits per heavy atom. The van der Waals surface area contributed by atoms with E-state index < -0.39 is 11.7 Å². The largest absolute Gasteiger partial charge is 0.318 e. The first kappa shape index (κ1) is 17.9. The number of nitrogens with zero attached hydrogens (tertiary/aromatic N) is 1. The first-order valence-electron chi connectivity index (χ1n) is 8.51. The standard InChI is InChI=1S/C22H14ClFN2O2/c23-18-6-1-2-7-19(18)25-22(28)21(27)20-17(14-8-10-15(24)11-9-14)13-16-5-3-4-12-26(16)20/h1-13H,(H,25,28). The summed E-state index contributed by atoms with van der Waals surface area (Å²) in [5.74, 6) is -1.90. The van der Waals surface area contributed by atoms with E-state index in [9.17, 15) is 14.0 Å². The summed E-state index contributed by atoms with van der Waals surface area (Å²) in [5, 5.41) is 2.89. The van der Waals surface area contributed by atoms with Crippen LogP contribution in [0.25, 0.3) is 16.6 Å². The second-order valence-corrected chi connectivity index (χ2v) is 6.58. The van der Waals surface area contributed by atoms with Gasteiger partial charge in [0.2, 0.25) is 0 Å². The number of rotatable bonds is 4. The van der Waals surface area contributed by atoms with Crippen LogP contribution in [0, 0.1) is 5.82 Å². The van der Waals surface area contributed by atoms with Gasteiger partial charge in [-0.05, 0) is 48.0 Å². The number of benzene rings is 2. The maximum absolute atomic E-state index is 13.3. The fraction of sp³-hybridized carbons (Fsp3) is 0. The molecule has 6 heteroatoms. The maximum atomic E-state index is 13.3. The van der Waals surface area contributed by atoms with Gasteiger partial charge in [-0.1, -0.05) is 41.9 Å². The van der Waals surface area contributed by atoms with Crippen LogP contribution >= 0.6 is 11.6 Å². The number of carbonyl (C=O) groups excluding carboxylic acids is 2. The van der Waals surface area contributed by atoms with Gasteiger partial charge in [-0.25, -0.2) is 4.39 Å². The van der Waals surface area contributed by atoms with Crippen LogP contribution in [0.5, 0.6) is 0 Å². The molecule has 0 saturated heterocycles. The number of Topliss-reactive ketones (excluding diaryl/α,β-unsaturated/α-hetero) is 1. The minimum atomic E-state index is -0.805. The maximum Gasteiger partial charge on any atom is 0.298 e. The predicted molar refractivity (Wildman–Crippen MR) is 107 cm³/mol. The van der Waals surface area contributed by atoms with Crippen molar-refractivity contribution < 1.29 is 14.0 Å². The highest BCUT2D eigenvalue weighted by Crippen LogP contribution is 2.29. The number of amides is 1. The van der Waals surface area contributed by atoms with E-state index in [2.05, 4.69) is 5.32 Å². The molecular weight excluding hydrogens is 379 g/mol. The van der Waals surface area contributed by atoms with E-state index in [4.69, 9.17) is 11.6 Å². The van der Waals surface area contributed by atoms with Crippen molar-refractivity contribution in [2.75, 3.05) is 5.32 Å². The summed E-state index contributed by atoms with van der Waals surface area (Å²) < 4.78 is 15.0. The van der Waals surface area contributed by atoms with E-state index in [0.29, 0.717) is 21.8 Å². The zero-order valence-corrected chi connectivity index (χ0v) is 15.3. The fourth-order valence-electron chi connectivity index (χ4n) is 3.05. The molecule has 28 heavy (non-hydrogen) atoms. The number of anilines is 1. The smallest absolute Gasteiger partial charge is 0.298 e. The summed E-state index contributed by atoms with van der Waals surface area (Å²) in [7, 11) is 0. The minimum absolute atomic E-state index is 0.201. The Balaban J connectivity index is 1.79. The number of pyridine rings is 1. The molecule has 0 unspecified atom stereocenters. The van der Waals surface area contributed by atoms with Crippen LogP contribution in [0.1, 0.15) is 10.5 Å². The van der Waals surface area contributed by atoms with Gasteiger partial charge in [-0.2, -0.15) is 0 Å². The highest BCUT2D eigenvalue weighted by atomic mass is 35.5. The topological polar surface area (TPSA) is 50.6 Å². The van der Waals surface area contributed by atoms with Crippen molar-refractivity contribution in [1.29, 1.82) is 0 Å². The molecule has 0 saturated carbocycles. The first-order chi connectivity index (χ1) is 13.5. The summed E-state index contributed by atoms with van der Waals surface area (Å²) in [6.45, 7) is 0. The van der Waals surface area contributed by atoms with Crippen LogP contribution in [0.15, 0.2) is 79.0 Å². The van der Waals surface area contributed by atoms with E-state index in [0.717, 1.165) is 5.52 Å². The van der Waals surface area contributed by atoms with Gasteiger partial charge in [0.1, 0.15) is 11.5 Å². The summed E-state index contributed by atoms with van der Waals surface area (Å²) in [5.41, 5.74) is 2.48. The lowest BCUT2D eigenvalue weighted by Crippen LogP contribution is -2.24. The third-order valence-corrected chi connectivity index (χ3v) is 4.71. The van der Waals surface area contributed by atoms with Crippen molar-refractivity contribution in [2.24, 2.45) is 0 Å². The van der Waals surface area contributed by atoms with E-state index >= 15 is 0 Å². The molecule has 0 radical (unpaired) electrons. The van der Waals surface area contributed by atoms with E-state index in [1.165, 1.54) is 12.1 Å². The minimum Gasteiger partial charge on any atom is -0.318 e. The molecule has 4 rings (SSSR count). The Bertz CT molecular complexity index is 1200. The Labute approximate surface area is 165 Å². The van der Waals surface area contributed by atoms with Crippen molar-refractivity contribution in [3.63, 3.8) is 0 Å². The van der Waals surface area contributed by atoms with Crippen LogP contribution in [-0.2, 0) is 4.79 Å². The molecule has 0 fully saturated rings. The van der Waals surface area contributed by atoms with Gasteiger partial charge in [-0.15, -0.1) is 0 Å². The van der Waals surface area contributed by atoms with Gasteiger partial charge in [0.25, 0.3) is 11.7 Å². The van der Waals surface area contributed by atoms with E-state index in [1.807, 2.05) is 12.1 Å². The van der Waals surface area contributed by atoms with Gasteiger partial charge < -0.3 is 9.72 Å². The molecule has 4 aromatic rings. The molecule has 2 heterocycles. The lowest BCUT2D eigenvalue weighted by molar-refractivity contribution is -0.112. The summed E-state index contributed by atoms with van der Waals surface area (Å²) >= 11 is 6.07. The Hall–Kier alpha value is -3.44. The van der Waals surface area contributed by atoms with Crippen molar-refractivity contribution in [1.82, 2.24) is 4.40 Å². The average molecular weight is 393 g/mol. The van der Waals surface area contributed by atoms with Crippen LogP contribution in [-0.4, -0.2) is 16.1 Å². The molecule has 1 amide bonds. The Morgan fingerprint density at radius 3 is 2.39 bits per heavy atom. The molecule has 0 aliphatic rings. The van der Waals surface area contributed by atoms with Crippen molar-refractivity contribution >= 4 is 34.5 Å². The van der Waals surface area contributed by atoms with Crippen LogP contribution in [0.4, 0.5) is 10.1 Å². The van der Waals surface area contributed by atoms with Crippen LogP contribution < -0.4 is 5.32 Å². The second kappa shape index (κ2) is 7.29. The molecule has 138 valence electrons. The van der Waals surface area contributed by atoms with E-state index in [1.54, 1.807) is 59.1 Å². The number of fused-ring (bicyclic) bond motifs is 1. The zero-order chi connectivity index (χ0) is 19.7. The number of carbonyl (C=O) groups is 2. The number of ketones is 1. The Morgan fingerprint density at radius 2 is 1.64 bits per heavy atom. The van der Waals surface area contributed by atoms with Crippen LogP contribution in [0.2, 0.25) is 5.02 Å². The van der Waals surface area contributed by atoms with Gasteiger partial charge in [-0.3, -0.25) is 9.59 Å². The second-order valence-electron chi connectivity index (χ2n) is 6.17. The number of halogens is 2. The zero-order valence-electron chi connectivity index (χ0n) is 14.5. The number of hydrogen-bond acceptors (Lipinski definition) is 2. The van der Waals surface area contributed by atoms with Gasteiger partial charge in [0.15, 0.2) is 0 Å². The summed E-state index contributed by atoms with van der Waals surface area (Å²) in [6, 6.07) is 19.7. The molecule has 0 atom stereocenters. The summed E-state index contributed by atoms with van der Waals surface area (Å²) in [4.78, 5) is 25.7. The lowest BCUT2D eigenvalue weighted by Gasteiger charge is -2.08. The van der Waals surface area contributed by atoms with Gasteiger partial charge in [0, 0.05) is 17.3 Å². The molecule has 0 spiro atoms. The van der Waals surface area contributed by atoms with Gasteiger partial charge >= 0.3 is 0 Å². The van der Waals surface area contributed by atoms with Crippen molar-refractivity contribution in [3.05, 3.63) is 95.5 Å². The van der Waals surface area contributed by atoms with Crippen molar-refractivity contribution in [3.8, 4) is 11.1 Å². The number of aromatic nitrogens is 1. The van der Waals surface area contributed by atoms with Crippen LogP contribution in [0.3, 0.4) is 0 Å². The molecular formula is C22H14ClFN2O2. The highest BCUT2D eigenvalue weighted by Gasteiger charge is 2.25. The first-order valence-corrected chi connectivity index (χ1v) is 8.88. The number of nitrogens with one attached hydrogen (secondary N) is 1. The molecule has 4 nitrogen and oxygen atoms in total. The lowest BCUT2D eigenvalue weighted by atomic mass is 10.0. The monoisotopic (exact) mass is 392 g/mol. The molecule has 0 bridgehead atoms. The predicted octanol–water partition coefficient (Wildman–Crippen LogP) is 5.22. The fourth-order valence-corrected chi connectivity index (χ4v) is 3.24. The highest BCUT2D eigenvalue weighted by molar-refractivity contribution is 6.48.